The molecule has 0 unspecified atom stereocenters. The maximum absolute atomic E-state index is 9.71. The number of aromatic nitrogens is 1. The van der Waals surface area contributed by atoms with Gasteiger partial charge in [0.15, 0.2) is 23.7 Å². The largest absolute Gasteiger partial charge is 0.504 e. The average Bonchev–Trinajstić information content (AvgIpc) is 3.10. The third-order valence-electron chi connectivity index (χ3n) is 3.21. The van der Waals surface area contributed by atoms with Crippen molar-refractivity contribution in [3.8, 4) is 22.8 Å². The molecule has 0 aliphatic heterocycles. The molecule has 0 fully saturated rings. The van der Waals surface area contributed by atoms with Crippen molar-refractivity contribution in [2.45, 2.75) is 0 Å². The topological polar surface area (TPSA) is 79.9 Å². The molecule has 0 aliphatic carbocycles. The molecule has 3 rings (SSSR count). The van der Waals surface area contributed by atoms with E-state index in [9.17, 15) is 5.11 Å². The highest BCUT2D eigenvalue weighted by Gasteiger charge is 2.01. The van der Waals surface area contributed by atoms with E-state index in [1.807, 2.05) is 24.3 Å². The molecule has 0 saturated heterocycles. The third kappa shape index (κ3) is 3.49. The van der Waals surface area contributed by atoms with Crippen LogP contribution in [0.4, 0.5) is 5.69 Å². The Balaban J connectivity index is 1.65. The van der Waals surface area contributed by atoms with Gasteiger partial charge in [0.2, 0.25) is 0 Å². The second kappa shape index (κ2) is 6.65. The van der Waals surface area contributed by atoms with Crippen LogP contribution in [-0.2, 0) is 0 Å². The van der Waals surface area contributed by atoms with Gasteiger partial charge in [-0.3, -0.25) is 5.43 Å². The van der Waals surface area contributed by atoms with Crippen molar-refractivity contribution >= 4 is 11.9 Å². The number of oxazole rings is 1. The van der Waals surface area contributed by atoms with Gasteiger partial charge in [0, 0.05) is 5.56 Å². The molecule has 0 bridgehead atoms. The van der Waals surface area contributed by atoms with Gasteiger partial charge < -0.3 is 14.3 Å². The Morgan fingerprint density at radius 2 is 2.04 bits per heavy atom. The van der Waals surface area contributed by atoms with Crippen LogP contribution in [0.1, 0.15) is 5.56 Å². The number of methoxy groups -OCH3 is 1. The molecule has 0 spiro atoms. The average molecular weight is 309 g/mol. The summed E-state index contributed by atoms with van der Waals surface area (Å²) in [4.78, 5) is 3.89. The summed E-state index contributed by atoms with van der Waals surface area (Å²) < 4.78 is 10.2. The zero-order valence-electron chi connectivity index (χ0n) is 12.4. The number of nitrogens with one attached hydrogen (secondary N) is 1. The van der Waals surface area contributed by atoms with Gasteiger partial charge in [0.1, 0.15) is 0 Å². The SMILES string of the molecule is COc1ccc(/C=N/Nc2ccc(-c3cnco3)cc2)cc1O. The van der Waals surface area contributed by atoms with E-state index < -0.39 is 0 Å². The molecule has 1 aromatic heterocycles. The summed E-state index contributed by atoms with van der Waals surface area (Å²) in [7, 11) is 1.51. The summed E-state index contributed by atoms with van der Waals surface area (Å²) >= 11 is 0. The van der Waals surface area contributed by atoms with Gasteiger partial charge in [-0.15, -0.1) is 0 Å². The lowest BCUT2D eigenvalue weighted by Gasteiger charge is -2.04. The van der Waals surface area contributed by atoms with Gasteiger partial charge >= 0.3 is 0 Å². The molecule has 23 heavy (non-hydrogen) atoms. The molecule has 0 radical (unpaired) electrons. The molecule has 2 aromatic carbocycles. The summed E-state index contributed by atoms with van der Waals surface area (Å²) in [6.07, 6.45) is 4.68. The Bertz CT molecular complexity index is 796. The van der Waals surface area contributed by atoms with Crippen LogP contribution in [0.3, 0.4) is 0 Å². The van der Waals surface area contributed by atoms with E-state index in [2.05, 4.69) is 15.5 Å². The van der Waals surface area contributed by atoms with E-state index in [4.69, 9.17) is 9.15 Å². The number of benzene rings is 2. The number of phenolic OH excluding ortho intramolecular Hbond substituents is 1. The second-order valence-electron chi connectivity index (χ2n) is 4.74. The van der Waals surface area contributed by atoms with Crippen molar-refractivity contribution in [1.29, 1.82) is 0 Å². The molecule has 6 heteroatoms. The van der Waals surface area contributed by atoms with Crippen LogP contribution in [0.2, 0.25) is 0 Å². The van der Waals surface area contributed by atoms with Crippen molar-refractivity contribution in [3.05, 3.63) is 60.6 Å². The van der Waals surface area contributed by atoms with E-state index in [-0.39, 0.29) is 5.75 Å². The molecular formula is C17H15N3O3. The number of nitrogens with zero attached hydrogens (tertiary/aromatic N) is 2. The van der Waals surface area contributed by atoms with E-state index in [0.717, 1.165) is 16.8 Å². The van der Waals surface area contributed by atoms with Gasteiger partial charge in [0.05, 0.1) is 25.2 Å². The summed E-state index contributed by atoms with van der Waals surface area (Å²) in [5.41, 5.74) is 5.46. The fraction of sp³-hybridized carbons (Fsp3) is 0.0588. The Kier molecular flexibility index (Phi) is 4.24. The van der Waals surface area contributed by atoms with E-state index >= 15 is 0 Å². The monoisotopic (exact) mass is 309 g/mol. The third-order valence-corrected chi connectivity index (χ3v) is 3.21. The number of aromatic hydroxyl groups is 1. The maximum Gasteiger partial charge on any atom is 0.181 e. The lowest BCUT2D eigenvalue weighted by molar-refractivity contribution is 0.373. The molecule has 1 heterocycles. The Morgan fingerprint density at radius 1 is 1.22 bits per heavy atom. The number of anilines is 1. The highest BCUT2D eigenvalue weighted by molar-refractivity contribution is 5.81. The minimum atomic E-state index is 0.0767. The van der Waals surface area contributed by atoms with Gasteiger partial charge in [0.25, 0.3) is 0 Å². The summed E-state index contributed by atoms with van der Waals surface area (Å²) in [6.45, 7) is 0. The molecule has 116 valence electrons. The number of hydrogen-bond donors (Lipinski definition) is 2. The second-order valence-corrected chi connectivity index (χ2v) is 4.74. The van der Waals surface area contributed by atoms with Crippen LogP contribution >= 0.6 is 0 Å². The highest BCUT2D eigenvalue weighted by atomic mass is 16.5. The Morgan fingerprint density at radius 3 is 2.70 bits per heavy atom. The van der Waals surface area contributed by atoms with Crippen molar-refractivity contribution in [2.75, 3.05) is 12.5 Å². The normalized spacial score (nSPS) is 10.8. The summed E-state index contributed by atoms with van der Waals surface area (Å²) in [6, 6.07) is 12.7. The van der Waals surface area contributed by atoms with Gasteiger partial charge in [-0.25, -0.2) is 4.98 Å². The zero-order valence-corrected chi connectivity index (χ0v) is 12.4. The molecule has 0 amide bonds. The Labute approximate surface area is 133 Å². The van der Waals surface area contributed by atoms with Gasteiger partial charge in [-0.1, -0.05) is 0 Å². The standard InChI is InChI=1S/C17H15N3O3/c1-22-16-7-2-12(8-15(16)21)9-19-20-14-5-3-13(4-6-14)17-10-18-11-23-17/h2-11,20-21H,1H3/b19-9+. The van der Waals surface area contributed by atoms with Crippen LogP contribution < -0.4 is 10.2 Å². The predicted molar refractivity (Wildman–Crippen MR) is 87.8 cm³/mol. The maximum atomic E-state index is 9.71. The van der Waals surface area contributed by atoms with E-state index in [1.165, 1.54) is 13.5 Å². The predicted octanol–water partition coefficient (Wildman–Crippen LogP) is 3.50. The first-order chi connectivity index (χ1) is 11.3. The fourth-order valence-corrected chi connectivity index (χ4v) is 2.04. The molecule has 0 atom stereocenters. The first kappa shape index (κ1) is 14.6. The molecule has 2 N–H and O–H groups in total. The minimum absolute atomic E-state index is 0.0767. The number of ether oxygens (including phenoxy) is 1. The van der Waals surface area contributed by atoms with Crippen molar-refractivity contribution in [1.82, 2.24) is 4.98 Å². The minimum Gasteiger partial charge on any atom is -0.504 e. The molecule has 6 nitrogen and oxygen atoms in total. The quantitative estimate of drug-likeness (QED) is 0.557. The van der Waals surface area contributed by atoms with E-state index in [0.29, 0.717) is 11.5 Å². The van der Waals surface area contributed by atoms with Crippen LogP contribution in [0.25, 0.3) is 11.3 Å². The first-order valence-electron chi connectivity index (χ1n) is 6.91. The van der Waals surface area contributed by atoms with E-state index in [1.54, 1.807) is 30.6 Å². The first-order valence-corrected chi connectivity index (χ1v) is 6.91. The van der Waals surface area contributed by atoms with Crippen molar-refractivity contribution in [2.24, 2.45) is 5.10 Å². The fourth-order valence-electron chi connectivity index (χ4n) is 2.04. The summed E-state index contributed by atoms with van der Waals surface area (Å²) in [5.74, 6) is 1.22. The number of hydrogen-bond acceptors (Lipinski definition) is 6. The lowest BCUT2D eigenvalue weighted by atomic mass is 10.2. The zero-order chi connectivity index (χ0) is 16.1. The Hall–Kier alpha value is -3.28. The molecule has 0 aliphatic rings. The van der Waals surface area contributed by atoms with Crippen LogP contribution in [-0.4, -0.2) is 23.4 Å². The van der Waals surface area contributed by atoms with Gasteiger partial charge in [-0.05, 0) is 48.0 Å². The number of rotatable bonds is 5. The van der Waals surface area contributed by atoms with Crippen molar-refractivity contribution in [3.63, 3.8) is 0 Å². The molecular weight excluding hydrogens is 294 g/mol. The van der Waals surface area contributed by atoms with Crippen molar-refractivity contribution < 1.29 is 14.3 Å². The number of phenols is 1. The van der Waals surface area contributed by atoms with Crippen LogP contribution in [0.5, 0.6) is 11.5 Å². The highest BCUT2D eigenvalue weighted by Crippen LogP contribution is 2.25. The molecule has 3 aromatic rings. The summed E-state index contributed by atoms with van der Waals surface area (Å²) in [5, 5.41) is 13.8. The lowest BCUT2D eigenvalue weighted by Crippen LogP contribution is -1.91. The van der Waals surface area contributed by atoms with Crippen LogP contribution in [0, 0.1) is 0 Å². The molecule has 0 saturated carbocycles. The van der Waals surface area contributed by atoms with Gasteiger partial charge in [-0.2, -0.15) is 5.10 Å². The smallest absolute Gasteiger partial charge is 0.181 e. The number of hydrazone groups is 1. The van der Waals surface area contributed by atoms with Crippen LogP contribution in [0.15, 0.2) is 64.6 Å².